The molecule has 0 spiro atoms. The number of fused-ring (bicyclic) bond motifs is 2. The van der Waals surface area contributed by atoms with Gasteiger partial charge in [-0.3, -0.25) is 0 Å². The van der Waals surface area contributed by atoms with Gasteiger partial charge in [0.05, 0.1) is 35.5 Å². The highest BCUT2D eigenvalue weighted by atomic mass is 35.5. The van der Waals surface area contributed by atoms with Crippen molar-refractivity contribution in [3.63, 3.8) is 0 Å². The number of imidazole rings is 1. The van der Waals surface area contributed by atoms with E-state index in [0.29, 0.717) is 17.5 Å². The summed E-state index contributed by atoms with van der Waals surface area (Å²) < 4.78 is 8.38. The van der Waals surface area contributed by atoms with Crippen molar-refractivity contribution in [3.8, 4) is 17.1 Å². The van der Waals surface area contributed by atoms with Crippen molar-refractivity contribution < 1.29 is 4.74 Å². The van der Waals surface area contributed by atoms with E-state index in [1.165, 1.54) is 11.1 Å². The number of nitrogens with zero attached hydrogens (tertiary/aromatic N) is 3. The van der Waals surface area contributed by atoms with Crippen molar-refractivity contribution in [1.29, 1.82) is 0 Å². The lowest BCUT2D eigenvalue weighted by molar-refractivity contribution is 0.294. The van der Waals surface area contributed by atoms with E-state index in [4.69, 9.17) is 32.9 Å². The number of halogens is 2. The molecular weight excluding hydrogens is 503 g/mol. The third-order valence-electron chi connectivity index (χ3n) is 7.19. The Hall–Kier alpha value is -3.28. The van der Waals surface area contributed by atoms with Crippen molar-refractivity contribution >= 4 is 34.1 Å². The third-order valence-corrected chi connectivity index (χ3v) is 7.74. The van der Waals surface area contributed by atoms with Gasteiger partial charge in [0, 0.05) is 33.3 Å². The number of benzene rings is 2. The Morgan fingerprint density at radius 3 is 2.76 bits per heavy atom. The van der Waals surface area contributed by atoms with Crippen LogP contribution in [0.3, 0.4) is 0 Å². The van der Waals surface area contributed by atoms with Gasteiger partial charge in [0.2, 0.25) is 5.88 Å². The van der Waals surface area contributed by atoms with Gasteiger partial charge in [-0.05, 0) is 54.0 Å². The molecule has 0 radical (unpaired) electrons. The van der Waals surface area contributed by atoms with Crippen LogP contribution in [0.5, 0.6) is 5.88 Å². The van der Waals surface area contributed by atoms with Gasteiger partial charge in [0.15, 0.2) is 0 Å². The van der Waals surface area contributed by atoms with E-state index in [1.807, 2.05) is 55.0 Å². The van der Waals surface area contributed by atoms with E-state index in [9.17, 15) is 0 Å². The second-order valence-corrected chi connectivity index (χ2v) is 10.8. The predicted molar refractivity (Wildman–Crippen MR) is 150 cm³/mol. The highest BCUT2D eigenvalue weighted by Crippen LogP contribution is 2.43. The zero-order valence-electron chi connectivity index (χ0n) is 20.8. The van der Waals surface area contributed by atoms with Gasteiger partial charge in [-0.25, -0.2) is 9.97 Å². The molecule has 0 bridgehead atoms. The van der Waals surface area contributed by atoms with Gasteiger partial charge in [-0.1, -0.05) is 67.4 Å². The molecule has 0 amide bonds. The van der Waals surface area contributed by atoms with Crippen molar-refractivity contribution in [2.45, 2.75) is 51.7 Å². The maximum absolute atomic E-state index is 6.63. The minimum atomic E-state index is 0.107. The van der Waals surface area contributed by atoms with Gasteiger partial charge in [-0.15, -0.1) is 0 Å². The molecule has 0 saturated carbocycles. The molecule has 188 valence electrons. The molecule has 1 aliphatic carbocycles. The fourth-order valence-electron chi connectivity index (χ4n) is 5.42. The number of H-pyrrole nitrogens is 1. The summed E-state index contributed by atoms with van der Waals surface area (Å²) in [6.45, 7) is 4.84. The smallest absolute Gasteiger partial charge is 0.214 e. The van der Waals surface area contributed by atoms with E-state index in [2.05, 4.69) is 40.6 Å². The molecule has 0 saturated heterocycles. The maximum Gasteiger partial charge on any atom is 0.214 e. The molecule has 5 aromatic rings. The first-order valence-electron chi connectivity index (χ1n) is 12.7. The minimum Gasteiger partial charge on any atom is -0.473 e. The number of aromatic amines is 1. The van der Waals surface area contributed by atoms with Gasteiger partial charge in [0.25, 0.3) is 0 Å². The monoisotopic (exact) mass is 530 g/mol. The Labute approximate surface area is 226 Å². The average molecular weight is 531 g/mol. The Bertz CT molecular complexity index is 1570. The molecule has 1 atom stereocenters. The quantitative estimate of drug-likeness (QED) is 0.240. The number of rotatable bonds is 6. The van der Waals surface area contributed by atoms with E-state index >= 15 is 0 Å². The summed E-state index contributed by atoms with van der Waals surface area (Å²) in [5.74, 6) is 0.846. The van der Waals surface area contributed by atoms with E-state index in [0.717, 1.165) is 57.7 Å². The molecule has 1 aliphatic rings. The van der Waals surface area contributed by atoms with Crippen LogP contribution in [0, 0.1) is 0 Å². The summed E-state index contributed by atoms with van der Waals surface area (Å²) in [6.07, 6.45) is 8.89. The summed E-state index contributed by atoms with van der Waals surface area (Å²) >= 11 is 13.1. The lowest BCUT2D eigenvalue weighted by atomic mass is 9.87. The first-order chi connectivity index (χ1) is 18.0. The van der Waals surface area contributed by atoms with Crippen LogP contribution in [0.15, 0.2) is 67.3 Å². The third kappa shape index (κ3) is 4.51. The summed E-state index contributed by atoms with van der Waals surface area (Å²) in [4.78, 5) is 12.8. The normalized spacial score (nSPS) is 15.3. The van der Waals surface area contributed by atoms with Crippen molar-refractivity contribution in [2.75, 3.05) is 0 Å². The number of hydrogen-bond acceptors (Lipinski definition) is 3. The molecule has 0 fully saturated rings. The largest absolute Gasteiger partial charge is 0.473 e. The van der Waals surface area contributed by atoms with E-state index in [-0.39, 0.29) is 12.0 Å². The molecule has 6 rings (SSSR count). The van der Waals surface area contributed by atoms with E-state index in [1.54, 1.807) is 0 Å². The van der Waals surface area contributed by atoms with Crippen molar-refractivity contribution in [2.24, 2.45) is 0 Å². The van der Waals surface area contributed by atoms with Crippen LogP contribution >= 0.6 is 23.2 Å². The highest BCUT2D eigenvalue weighted by Gasteiger charge is 2.29. The molecule has 3 aromatic heterocycles. The summed E-state index contributed by atoms with van der Waals surface area (Å²) in [7, 11) is 0. The summed E-state index contributed by atoms with van der Waals surface area (Å²) in [5.41, 5.74) is 7.69. The Morgan fingerprint density at radius 1 is 1.11 bits per heavy atom. The molecule has 2 aromatic carbocycles. The molecule has 37 heavy (non-hydrogen) atoms. The topological polar surface area (TPSA) is 55.7 Å². The second kappa shape index (κ2) is 9.88. The van der Waals surface area contributed by atoms with E-state index < -0.39 is 0 Å². The number of hydrogen-bond donors (Lipinski definition) is 1. The Balaban J connectivity index is 1.45. The minimum absolute atomic E-state index is 0.107. The molecule has 1 unspecified atom stereocenters. The van der Waals surface area contributed by atoms with Crippen LogP contribution in [-0.4, -0.2) is 19.5 Å². The zero-order valence-corrected chi connectivity index (χ0v) is 22.4. The summed E-state index contributed by atoms with van der Waals surface area (Å²) in [5, 5.41) is 2.47. The second-order valence-electron chi connectivity index (χ2n) is 9.95. The van der Waals surface area contributed by atoms with Crippen LogP contribution in [0.25, 0.3) is 22.2 Å². The first kappa shape index (κ1) is 24.1. The number of pyridine rings is 1. The number of nitrogens with one attached hydrogen (secondary N) is 1. The molecule has 5 nitrogen and oxygen atoms in total. The van der Waals surface area contributed by atoms with Gasteiger partial charge >= 0.3 is 0 Å². The molecule has 1 N–H and O–H groups in total. The fraction of sp³-hybridized carbons (Fsp3) is 0.267. The SMILES string of the molecule is CC(C)c1ncn(C2CCCc3c(Cl)cc(Cl)cc32)c1-c1c[nH]c2cnc(OCc3ccccc3)cc12. The average Bonchev–Trinajstić information content (AvgIpc) is 3.51. The standard InChI is InChI=1S/C30H28Cl2N4O/c1-18(2)29-30(36(17-35-29)27-10-6-9-21-23(27)11-20(31)12-25(21)32)24-14-33-26-15-34-28(13-22(24)26)37-16-19-7-4-3-5-8-19/h3-5,7-8,11-15,17-18,27,33H,6,9-10,16H2,1-2H3. The molecule has 7 heteroatoms. The maximum atomic E-state index is 6.63. The van der Waals surface area contributed by atoms with Crippen molar-refractivity contribution in [3.05, 3.63) is 99.7 Å². The van der Waals surface area contributed by atoms with Gasteiger partial charge < -0.3 is 14.3 Å². The number of aromatic nitrogens is 4. The van der Waals surface area contributed by atoms with Crippen LogP contribution < -0.4 is 4.74 Å². The molecule has 3 heterocycles. The first-order valence-corrected chi connectivity index (χ1v) is 13.4. The Morgan fingerprint density at radius 2 is 1.95 bits per heavy atom. The lowest BCUT2D eigenvalue weighted by Gasteiger charge is -2.29. The van der Waals surface area contributed by atoms with Gasteiger partial charge in [0.1, 0.15) is 6.61 Å². The summed E-state index contributed by atoms with van der Waals surface area (Å²) in [6, 6.07) is 16.2. The predicted octanol–water partition coefficient (Wildman–Crippen LogP) is 8.36. The fourth-order valence-corrected chi connectivity index (χ4v) is 6.02. The highest BCUT2D eigenvalue weighted by molar-refractivity contribution is 6.35. The number of ether oxygens (including phenoxy) is 1. The molecular formula is C30H28Cl2N4O. The zero-order chi connectivity index (χ0) is 25.5. The van der Waals surface area contributed by atoms with Crippen LogP contribution in [0.4, 0.5) is 0 Å². The van der Waals surface area contributed by atoms with Crippen LogP contribution in [0.2, 0.25) is 10.0 Å². The van der Waals surface area contributed by atoms with Gasteiger partial charge in [-0.2, -0.15) is 0 Å². The Kier molecular flexibility index (Phi) is 6.43. The lowest BCUT2D eigenvalue weighted by Crippen LogP contribution is -2.18. The van der Waals surface area contributed by atoms with Crippen LogP contribution in [-0.2, 0) is 13.0 Å². The van der Waals surface area contributed by atoms with Crippen molar-refractivity contribution in [1.82, 2.24) is 19.5 Å². The molecule has 0 aliphatic heterocycles. The van der Waals surface area contributed by atoms with Crippen LogP contribution in [0.1, 0.15) is 61.0 Å².